The molecule has 0 spiro atoms. The molecule has 1 fully saturated rings. The Hall–Kier alpha value is -3.60. The zero-order valence-corrected chi connectivity index (χ0v) is 23.5. The van der Waals surface area contributed by atoms with Gasteiger partial charge >= 0.3 is 0 Å². The number of hydrogen-bond donors (Lipinski definition) is 4. The van der Waals surface area contributed by atoms with Gasteiger partial charge in [-0.2, -0.15) is 0 Å². The van der Waals surface area contributed by atoms with Crippen LogP contribution in [-0.4, -0.2) is 46.7 Å². The van der Waals surface area contributed by atoms with Crippen LogP contribution < -0.4 is 10.8 Å². The standard InChI is InChI=1S/C32H39N3O6/c1-22(24-7-4-3-5-8-24)35(2)20-28-19-29(25-13-11-23(21-36)12-14-25)41-32(40-28)26-15-17-27(18-16-26)33-30(37)9-6-10-31(38)34-39/h3-5,7-8,11-18,22,28-29,32,36,39H,6,9-10,19-21H2,1-2H3,(H,33,37)(H,34,38). The third-order valence-corrected chi connectivity index (χ3v) is 7.45. The lowest BCUT2D eigenvalue weighted by Crippen LogP contribution is -2.38. The molecule has 9 heteroatoms. The number of carbonyl (C=O) groups is 2. The zero-order valence-electron chi connectivity index (χ0n) is 23.5. The highest BCUT2D eigenvalue weighted by atomic mass is 16.7. The van der Waals surface area contributed by atoms with Crippen LogP contribution in [-0.2, 0) is 25.7 Å². The number of aliphatic hydroxyl groups excluding tert-OH is 1. The molecule has 1 aliphatic rings. The van der Waals surface area contributed by atoms with Crippen LogP contribution in [0.25, 0.3) is 0 Å². The average Bonchev–Trinajstić information content (AvgIpc) is 3.01. The van der Waals surface area contributed by atoms with Crippen molar-refractivity contribution in [2.24, 2.45) is 0 Å². The number of benzene rings is 3. The summed E-state index contributed by atoms with van der Waals surface area (Å²) < 4.78 is 12.9. The first-order valence-corrected chi connectivity index (χ1v) is 13.9. The van der Waals surface area contributed by atoms with Crippen molar-refractivity contribution in [1.29, 1.82) is 0 Å². The predicted octanol–water partition coefficient (Wildman–Crippen LogP) is 5.03. The summed E-state index contributed by atoms with van der Waals surface area (Å²) in [6.07, 6.45) is 0.368. The number of nitrogens with one attached hydrogen (secondary N) is 2. The van der Waals surface area contributed by atoms with Crippen LogP contribution in [0.2, 0.25) is 0 Å². The van der Waals surface area contributed by atoms with Crippen LogP contribution in [0, 0.1) is 0 Å². The summed E-state index contributed by atoms with van der Waals surface area (Å²) in [4.78, 5) is 25.7. The quantitative estimate of drug-likeness (QED) is 0.181. The van der Waals surface area contributed by atoms with E-state index >= 15 is 0 Å². The molecule has 218 valence electrons. The number of hydroxylamine groups is 1. The van der Waals surface area contributed by atoms with Gasteiger partial charge in [-0.1, -0.05) is 66.7 Å². The molecule has 3 aromatic rings. The highest BCUT2D eigenvalue weighted by Crippen LogP contribution is 2.39. The fourth-order valence-corrected chi connectivity index (χ4v) is 4.91. The molecule has 4 atom stereocenters. The summed E-state index contributed by atoms with van der Waals surface area (Å²) in [7, 11) is 2.10. The Morgan fingerprint density at radius 3 is 2.24 bits per heavy atom. The molecule has 4 unspecified atom stereocenters. The van der Waals surface area contributed by atoms with E-state index in [4.69, 9.17) is 14.7 Å². The number of aliphatic hydroxyl groups is 1. The van der Waals surface area contributed by atoms with Crippen molar-refractivity contribution in [3.8, 4) is 0 Å². The molecule has 1 heterocycles. The Morgan fingerprint density at radius 1 is 0.927 bits per heavy atom. The predicted molar refractivity (Wildman–Crippen MR) is 155 cm³/mol. The smallest absolute Gasteiger partial charge is 0.243 e. The molecule has 4 N–H and O–H groups in total. The van der Waals surface area contributed by atoms with Crippen molar-refractivity contribution in [2.75, 3.05) is 18.9 Å². The minimum atomic E-state index is -0.599. The van der Waals surface area contributed by atoms with Gasteiger partial charge < -0.3 is 19.9 Å². The van der Waals surface area contributed by atoms with Crippen LogP contribution in [0.5, 0.6) is 0 Å². The van der Waals surface area contributed by atoms with Crippen LogP contribution in [0.3, 0.4) is 0 Å². The lowest BCUT2D eigenvalue weighted by molar-refractivity contribution is -0.253. The average molecular weight is 562 g/mol. The molecule has 0 aromatic heterocycles. The number of likely N-dealkylation sites (N-methyl/N-ethyl adjacent to an activating group) is 1. The molecule has 3 aromatic carbocycles. The molecule has 1 aliphatic heterocycles. The Bertz CT molecular complexity index is 1250. The van der Waals surface area contributed by atoms with E-state index in [-0.39, 0.29) is 43.6 Å². The van der Waals surface area contributed by atoms with E-state index in [0.29, 0.717) is 25.1 Å². The van der Waals surface area contributed by atoms with Gasteiger partial charge in [0, 0.05) is 43.1 Å². The monoisotopic (exact) mass is 561 g/mol. The summed E-state index contributed by atoms with van der Waals surface area (Å²) >= 11 is 0. The van der Waals surface area contributed by atoms with Crippen molar-refractivity contribution >= 4 is 17.5 Å². The molecule has 9 nitrogen and oxygen atoms in total. The second-order valence-corrected chi connectivity index (χ2v) is 10.4. The van der Waals surface area contributed by atoms with E-state index in [9.17, 15) is 14.7 Å². The first-order chi connectivity index (χ1) is 19.9. The topological polar surface area (TPSA) is 120 Å². The fourth-order valence-electron chi connectivity index (χ4n) is 4.91. The van der Waals surface area contributed by atoms with Gasteiger partial charge in [0.15, 0.2) is 6.29 Å². The molecular weight excluding hydrogens is 522 g/mol. The van der Waals surface area contributed by atoms with Crippen LogP contribution in [0.1, 0.15) is 73.3 Å². The summed E-state index contributed by atoms with van der Waals surface area (Å²) in [6.45, 7) is 2.89. The van der Waals surface area contributed by atoms with Gasteiger partial charge in [0.25, 0.3) is 0 Å². The molecule has 0 aliphatic carbocycles. The number of ether oxygens (including phenoxy) is 2. The van der Waals surface area contributed by atoms with Crippen molar-refractivity contribution in [3.63, 3.8) is 0 Å². The second kappa shape index (κ2) is 14.9. The maximum absolute atomic E-state index is 12.2. The number of nitrogens with zero attached hydrogens (tertiary/aromatic N) is 1. The number of hydrogen-bond acceptors (Lipinski definition) is 7. The fraction of sp³-hybridized carbons (Fsp3) is 0.375. The van der Waals surface area contributed by atoms with Gasteiger partial charge in [0.05, 0.1) is 18.8 Å². The SMILES string of the molecule is CC(c1ccccc1)N(C)CC1CC(c2ccc(CO)cc2)OC(c2ccc(NC(=O)CCCC(=O)NO)cc2)O1. The Morgan fingerprint density at radius 2 is 1.59 bits per heavy atom. The largest absolute Gasteiger partial charge is 0.392 e. The van der Waals surface area contributed by atoms with E-state index in [2.05, 4.69) is 48.5 Å². The lowest BCUT2D eigenvalue weighted by atomic mass is 9.99. The molecule has 0 bridgehead atoms. The summed E-state index contributed by atoms with van der Waals surface area (Å²) in [5.41, 5.74) is 6.14. The highest BCUT2D eigenvalue weighted by molar-refractivity contribution is 5.91. The molecule has 0 radical (unpaired) electrons. The van der Waals surface area contributed by atoms with Gasteiger partial charge in [-0.05, 0) is 49.2 Å². The van der Waals surface area contributed by atoms with E-state index in [1.807, 2.05) is 42.5 Å². The van der Waals surface area contributed by atoms with E-state index < -0.39 is 12.2 Å². The second-order valence-electron chi connectivity index (χ2n) is 10.4. The van der Waals surface area contributed by atoms with Crippen molar-refractivity contribution in [1.82, 2.24) is 10.4 Å². The van der Waals surface area contributed by atoms with Gasteiger partial charge in [-0.25, -0.2) is 5.48 Å². The summed E-state index contributed by atoms with van der Waals surface area (Å²) in [6, 6.07) is 25.8. The normalized spacial score (nSPS) is 19.5. The first-order valence-electron chi connectivity index (χ1n) is 13.9. The van der Waals surface area contributed by atoms with Gasteiger partial charge in [0.1, 0.15) is 0 Å². The molecule has 4 rings (SSSR count). The Kier molecular flexibility index (Phi) is 11.0. The molecule has 1 saturated heterocycles. The Balaban J connectivity index is 1.45. The van der Waals surface area contributed by atoms with E-state index in [0.717, 1.165) is 16.7 Å². The van der Waals surface area contributed by atoms with Gasteiger partial charge in [-0.3, -0.25) is 19.7 Å². The van der Waals surface area contributed by atoms with Gasteiger partial charge in [0.2, 0.25) is 11.8 Å². The Labute approximate surface area is 241 Å². The number of amides is 2. The summed E-state index contributed by atoms with van der Waals surface area (Å²) in [5, 5.41) is 20.9. The molecule has 2 amide bonds. The van der Waals surface area contributed by atoms with Crippen LogP contribution in [0.15, 0.2) is 78.9 Å². The van der Waals surface area contributed by atoms with Crippen molar-refractivity contribution in [2.45, 2.75) is 63.8 Å². The third-order valence-electron chi connectivity index (χ3n) is 7.45. The lowest BCUT2D eigenvalue weighted by Gasteiger charge is -2.39. The number of carbonyl (C=O) groups excluding carboxylic acids is 2. The maximum Gasteiger partial charge on any atom is 0.243 e. The van der Waals surface area contributed by atoms with E-state index in [1.54, 1.807) is 17.6 Å². The minimum absolute atomic E-state index is 0.0107. The molecule has 0 saturated carbocycles. The van der Waals surface area contributed by atoms with Crippen LogP contribution in [0.4, 0.5) is 5.69 Å². The number of rotatable bonds is 12. The number of anilines is 1. The van der Waals surface area contributed by atoms with Crippen molar-refractivity contribution < 1.29 is 29.4 Å². The third kappa shape index (κ3) is 8.69. The van der Waals surface area contributed by atoms with Crippen LogP contribution >= 0.6 is 0 Å². The minimum Gasteiger partial charge on any atom is -0.392 e. The molecule has 41 heavy (non-hydrogen) atoms. The summed E-state index contributed by atoms with van der Waals surface area (Å²) in [5.74, 6) is -0.730. The maximum atomic E-state index is 12.2. The highest BCUT2D eigenvalue weighted by Gasteiger charge is 2.33. The molecular formula is C32H39N3O6. The van der Waals surface area contributed by atoms with Crippen molar-refractivity contribution in [3.05, 3.63) is 101 Å². The zero-order chi connectivity index (χ0) is 29.2. The van der Waals surface area contributed by atoms with Gasteiger partial charge in [-0.15, -0.1) is 0 Å². The first kappa shape index (κ1) is 30.4. The van der Waals surface area contributed by atoms with E-state index in [1.165, 1.54) is 5.56 Å².